The summed E-state index contributed by atoms with van der Waals surface area (Å²) in [7, 11) is 0. The number of hydrogen-bond acceptors (Lipinski definition) is 8. The van der Waals surface area contributed by atoms with E-state index in [2.05, 4.69) is 37.2 Å². The molecule has 39 heavy (non-hydrogen) atoms. The van der Waals surface area contributed by atoms with Crippen molar-refractivity contribution in [2.24, 2.45) is 4.99 Å². The SMILES string of the molecule is C=NCC1(c2cccc(C(=O)Nc3cccc(Oc4ccc5nc(NC(=O)COC(C)=O)cn5n4)c3)c2)CC1. The monoisotopic (exact) mass is 526 g/mol. The fourth-order valence-electron chi connectivity index (χ4n) is 4.18. The van der Waals surface area contributed by atoms with Crippen LogP contribution in [-0.4, -0.2) is 52.3 Å². The van der Waals surface area contributed by atoms with Gasteiger partial charge in [0.05, 0.1) is 6.20 Å². The number of nitrogens with zero attached hydrogens (tertiary/aromatic N) is 4. The van der Waals surface area contributed by atoms with Gasteiger partial charge in [0.25, 0.3) is 11.8 Å². The maximum atomic E-state index is 13.0. The Morgan fingerprint density at radius 2 is 1.90 bits per heavy atom. The maximum Gasteiger partial charge on any atom is 0.303 e. The highest BCUT2D eigenvalue weighted by Gasteiger charge is 2.44. The number of imidazole rings is 1. The molecular weight excluding hydrogens is 500 g/mol. The molecule has 1 aliphatic rings. The van der Waals surface area contributed by atoms with Gasteiger partial charge in [-0.3, -0.25) is 14.4 Å². The van der Waals surface area contributed by atoms with E-state index in [1.807, 2.05) is 18.2 Å². The number of anilines is 2. The fourth-order valence-corrected chi connectivity index (χ4v) is 4.18. The Kier molecular flexibility index (Phi) is 7.04. The molecular formula is C28H26N6O5. The van der Waals surface area contributed by atoms with Crippen LogP contribution in [0, 0.1) is 0 Å². The zero-order valence-corrected chi connectivity index (χ0v) is 21.2. The number of amides is 2. The summed E-state index contributed by atoms with van der Waals surface area (Å²) in [5, 5.41) is 9.82. The number of benzene rings is 2. The Morgan fingerprint density at radius 1 is 1.08 bits per heavy atom. The molecule has 1 fully saturated rings. The third-order valence-corrected chi connectivity index (χ3v) is 6.29. The third-order valence-electron chi connectivity index (χ3n) is 6.29. The van der Waals surface area contributed by atoms with Gasteiger partial charge in [-0.2, -0.15) is 0 Å². The first-order chi connectivity index (χ1) is 18.8. The highest BCUT2D eigenvalue weighted by Crippen LogP contribution is 2.48. The van der Waals surface area contributed by atoms with Gasteiger partial charge in [0, 0.05) is 42.3 Å². The number of fused-ring (bicyclic) bond motifs is 1. The van der Waals surface area contributed by atoms with Gasteiger partial charge in [-0.25, -0.2) is 9.50 Å². The van der Waals surface area contributed by atoms with E-state index in [0.29, 0.717) is 29.2 Å². The van der Waals surface area contributed by atoms with Crippen LogP contribution in [0.25, 0.3) is 5.65 Å². The van der Waals surface area contributed by atoms with E-state index in [1.165, 1.54) is 17.6 Å². The van der Waals surface area contributed by atoms with E-state index in [-0.39, 0.29) is 23.0 Å². The Labute approximate surface area is 223 Å². The first kappa shape index (κ1) is 25.6. The maximum absolute atomic E-state index is 13.0. The topological polar surface area (TPSA) is 136 Å². The lowest BCUT2D eigenvalue weighted by molar-refractivity contribution is -0.144. The van der Waals surface area contributed by atoms with Gasteiger partial charge in [-0.15, -0.1) is 5.10 Å². The van der Waals surface area contributed by atoms with Crippen molar-refractivity contribution in [3.63, 3.8) is 0 Å². The van der Waals surface area contributed by atoms with Crippen molar-refractivity contribution >= 4 is 41.7 Å². The average Bonchev–Trinajstić information content (AvgIpc) is 3.59. The second kappa shape index (κ2) is 10.7. The van der Waals surface area contributed by atoms with Crippen LogP contribution in [0.1, 0.15) is 35.7 Å². The van der Waals surface area contributed by atoms with Crippen LogP contribution in [0.4, 0.5) is 11.5 Å². The highest BCUT2D eigenvalue weighted by atomic mass is 16.5. The van der Waals surface area contributed by atoms with Crippen molar-refractivity contribution < 1.29 is 23.9 Å². The first-order valence-corrected chi connectivity index (χ1v) is 12.3. The number of aliphatic imine (C=N–C) groups is 1. The minimum Gasteiger partial charge on any atom is -0.456 e. The standard InChI is InChI=1S/C28H26N6O5/c1-18(35)38-16-25(36)32-23-15-34-24(31-23)9-10-26(33-34)39-22-8-4-7-21(14-22)30-27(37)19-5-3-6-20(13-19)28(11-12-28)17-29-2/h3-10,13-15H,2,11-12,16-17H2,1H3,(H,30,37)(H,32,36). The molecule has 2 N–H and O–H groups in total. The van der Waals surface area contributed by atoms with Crippen LogP contribution >= 0.6 is 0 Å². The van der Waals surface area contributed by atoms with Crippen LogP contribution < -0.4 is 15.4 Å². The van der Waals surface area contributed by atoms with Crippen LogP contribution in [0.3, 0.4) is 0 Å². The smallest absolute Gasteiger partial charge is 0.303 e. The summed E-state index contributed by atoms with van der Waals surface area (Å²) in [6.45, 7) is 5.09. The number of aromatic nitrogens is 3. The van der Waals surface area contributed by atoms with Crippen molar-refractivity contribution in [2.45, 2.75) is 25.2 Å². The highest BCUT2D eigenvalue weighted by molar-refractivity contribution is 6.04. The van der Waals surface area contributed by atoms with Crippen molar-refractivity contribution in [1.82, 2.24) is 14.6 Å². The zero-order chi connectivity index (χ0) is 27.4. The fraction of sp³-hybridized carbons (Fsp3) is 0.214. The molecule has 0 bridgehead atoms. The van der Waals surface area contributed by atoms with E-state index in [1.54, 1.807) is 42.5 Å². The van der Waals surface area contributed by atoms with Crippen molar-refractivity contribution in [3.8, 4) is 11.6 Å². The van der Waals surface area contributed by atoms with E-state index >= 15 is 0 Å². The predicted molar refractivity (Wildman–Crippen MR) is 144 cm³/mol. The Balaban J connectivity index is 1.24. The van der Waals surface area contributed by atoms with Gasteiger partial charge >= 0.3 is 5.97 Å². The molecule has 2 aromatic carbocycles. The van der Waals surface area contributed by atoms with Gasteiger partial charge in [0.1, 0.15) is 5.75 Å². The normalized spacial score (nSPS) is 13.4. The second-order valence-electron chi connectivity index (χ2n) is 9.26. The van der Waals surface area contributed by atoms with Crippen LogP contribution in [0.5, 0.6) is 11.6 Å². The molecule has 2 aromatic heterocycles. The molecule has 0 spiro atoms. The molecule has 4 aromatic rings. The molecule has 11 nitrogen and oxygen atoms in total. The van der Waals surface area contributed by atoms with Gasteiger partial charge in [0.15, 0.2) is 18.1 Å². The molecule has 2 amide bonds. The third kappa shape index (κ3) is 6.09. The molecule has 2 heterocycles. The molecule has 198 valence electrons. The largest absolute Gasteiger partial charge is 0.456 e. The van der Waals surface area contributed by atoms with E-state index in [4.69, 9.17) is 4.74 Å². The minimum atomic E-state index is -0.551. The summed E-state index contributed by atoms with van der Waals surface area (Å²) in [6.07, 6.45) is 3.60. The summed E-state index contributed by atoms with van der Waals surface area (Å²) in [5.41, 5.74) is 2.72. The lowest BCUT2D eigenvalue weighted by Crippen LogP contribution is -2.19. The second-order valence-corrected chi connectivity index (χ2v) is 9.26. The summed E-state index contributed by atoms with van der Waals surface area (Å²) in [6, 6.07) is 17.9. The van der Waals surface area contributed by atoms with E-state index in [0.717, 1.165) is 18.4 Å². The van der Waals surface area contributed by atoms with Gasteiger partial charge < -0.3 is 25.1 Å². The molecule has 0 radical (unpaired) electrons. The Morgan fingerprint density at radius 3 is 2.67 bits per heavy atom. The lowest BCUT2D eigenvalue weighted by Gasteiger charge is -2.14. The lowest BCUT2D eigenvalue weighted by atomic mass is 9.94. The van der Waals surface area contributed by atoms with Gasteiger partial charge in [-0.1, -0.05) is 18.2 Å². The molecule has 5 rings (SSSR count). The Hall–Kier alpha value is -5.06. The summed E-state index contributed by atoms with van der Waals surface area (Å²) in [4.78, 5) is 44.0. The molecule has 1 aliphatic carbocycles. The number of carbonyl (C=O) groups is 3. The number of carbonyl (C=O) groups excluding carboxylic acids is 3. The molecule has 11 heteroatoms. The molecule has 0 atom stereocenters. The number of rotatable bonds is 10. The number of hydrogen-bond donors (Lipinski definition) is 2. The Bertz CT molecular complexity index is 1580. The molecule has 1 saturated carbocycles. The number of esters is 1. The summed E-state index contributed by atoms with van der Waals surface area (Å²) in [5.74, 6) is -0.296. The van der Waals surface area contributed by atoms with E-state index in [9.17, 15) is 14.4 Å². The summed E-state index contributed by atoms with van der Waals surface area (Å²) < 4.78 is 12.0. The van der Waals surface area contributed by atoms with Gasteiger partial charge in [0.2, 0.25) is 5.88 Å². The average molecular weight is 527 g/mol. The quantitative estimate of drug-likeness (QED) is 0.235. The molecule has 0 saturated heterocycles. The first-order valence-electron chi connectivity index (χ1n) is 12.3. The molecule has 0 unspecified atom stereocenters. The van der Waals surface area contributed by atoms with E-state index < -0.39 is 18.5 Å². The minimum absolute atomic E-state index is 0.00536. The van der Waals surface area contributed by atoms with Crippen LogP contribution in [-0.2, 0) is 19.7 Å². The van der Waals surface area contributed by atoms with Crippen LogP contribution in [0.2, 0.25) is 0 Å². The van der Waals surface area contributed by atoms with Crippen molar-refractivity contribution in [2.75, 3.05) is 23.8 Å². The van der Waals surface area contributed by atoms with Crippen LogP contribution in [0.15, 0.2) is 71.9 Å². The van der Waals surface area contributed by atoms with Crippen molar-refractivity contribution in [3.05, 3.63) is 78.0 Å². The zero-order valence-electron chi connectivity index (χ0n) is 21.2. The predicted octanol–water partition coefficient (Wildman–Crippen LogP) is 4.01. The van der Waals surface area contributed by atoms with Gasteiger partial charge in [-0.05, 0) is 55.5 Å². The van der Waals surface area contributed by atoms with Crippen molar-refractivity contribution in [1.29, 1.82) is 0 Å². The number of ether oxygens (including phenoxy) is 2. The summed E-state index contributed by atoms with van der Waals surface area (Å²) >= 11 is 0. The number of nitrogens with one attached hydrogen (secondary N) is 2. The molecule has 0 aliphatic heterocycles.